The van der Waals surface area contributed by atoms with Crippen LogP contribution >= 0.6 is 0 Å². The van der Waals surface area contributed by atoms with Gasteiger partial charge >= 0.3 is 0 Å². The molecule has 20 heavy (non-hydrogen) atoms. The first-order chi connectivity index (χ1) is 9.10. The molecule has 0 aromatic carbocycles. The van der Waals surface area contributed by atoms with Crippen molar-refractivity contribution in [3.8, 4) is 0 Å². The minimum atomic E-state index is -0.485. The molecule has 0 unspecified atom stereocenters. The minimum Gasteiger partial charge on any atom is -0.375 e. The predicted molar refractivity (Wildman–Crippen MR) is 80.4 cm³/mol. The van der Waals surface area contributed by atoms with Gasteiger partial charge in [0.15, 0.2) is 0 Å². The molecule has 0 saturated heterocycles. The van der Waals surface area contributed by atoms with Crippen LogP contribution in [0.4, 0.5) is 0 Å². The Labute approximate surface area is 122 Å². The summed E-state index contributed by atoms with van der Waals surface area (Å²) in [7, 11) is 0. The van der Waals surface area contributed by atoms with Crippen LogP contribution < -0.4 is 11.1 Å². The Morgan fingerprint density at radius 2 is 1.80 bits per heavy atom. The fourth-order valence-electron chi connectivity index (χ4n) is 1.89. The number of rotatable bonds is 10. The van der Waals surface area contributed by atoms with E-state index in [1.54, 1.807) is 6.92 Å². The molecule has 118 valence electrons. The Morgan fingerprint density at radius 1 is 1.20 bits per heavy atom. The summed E-state index contributed by atoms with van der Waals surface area (Å²) in [5, 5.41) is 2.88. The van der Waals surface area contributed by atoms with Crippen molar-refractivity contribution >= 4 is 11.7 Å². The van der Waals surface area contributed by atoms with Gasteiger partial charge in [0.2, 0.25) is 5.91 Å². The number of carbonyl (C=O) groups is 2. The van der Waals surface area contributed by atoms with Crippen molar-refractivity contribution in [1.29, 1.82) is 0 Å². The molecule has 0 heterocycles. The maximum absolute atomic E-state index is 12.0. The Morgan fingerprint density at radius 3 is 2.30 bits per heavy atom. The monoisotopic (exact) mass is 286 g/mol. The molecule has 1 amide bonds. The summed E-state index contributed by atoms with van der Waals surface area (Å²) < 4.78 is 5.73. The van der Waals surface area contributed by atoms with Crippen LogP contribution in [0.3, 0.4) is 0 Å². The van der Waals surface area contributed by atoms with Crippen LogP contribution in [0.25, 0.3) is 0 Å². The highest BCUT2D eigenvalue weighted by Gasteiger charge is 2.28. The summed E-state index contributed by atoms with van der Waals surface area (Å²) in [6.07, 6.45) is 1.78. The number of nitrogens with one attached hydrogen (secondary N) is 1. The van der Waals surface area contributed by atoms with Crippen molar-refractivity contribution in [2.24, 2.45) is 11.1 Å². The summed E-state index contributed by atoms with van der Waals surface area (Å²) >= 11 is 0. The Bertz CT molecular complexity index is 325. The third kappa shape index (κ3) is 8.27. The summed E-state index contributed by atoms with van der Waals surface area (Å²) in [4.78, 5) is 23.1. The third-order valence-corrected chi connectivity index (χ3v) is 3.18. The second-order valence-corrected chi connectivity index (χ2v) is 6.52. The van der Waals surface area contributed by atoms with Crippen LogP contribution in [-0.2, 0) is 14.3 Å². The highest BCUT2D eigenvalue weighted by Crippen LogP contribution is 2.23. The van der Waals surface area contributed by atoms with Crippen LogP contribution in [0.1, 0.15) is 53.9 Å². The molecule has 0 fully saturated rings. The third-order valence-electron chi connectivity index (χ3n) is 3.18. The van der Waals surface area contributed by atoms with Crippen molar-refractivity contribution < 1.29 is 14.3 Å². The normalized spacial score (nSPS) is 12.3. The maximum atomic E-state index is 12.0. The van der Waals surface area contributed by atoms with Gasteiger partial charge in [0.05, 0.1) is 5.60 Å². The lowest BCUT2D eigenvalue weighted by Gasteiger charge is -2.28. The van der Waals surface area contributed by atoms with Crippen molar-refractivity contribution in [2.75, 3.05) is 19.7 Å². The summed E-state index contributed by atoms with van der Waals surface area (Å²) in [6, 6.07) is 0. The van der Waals surface area contributed by atoms with Gasteiger partial charge in [-0.2, -0.15) is 0 Å². The van der Waals surface area contributed by atoms with Crippen LogP contribution in [0.5, 0.6) is 0 Å². The Hall–Kier alpha value is -0.940. The van der Waals surface area contributed by atoms with Gasteiger partial charge in [-0.15, -0.1) is 0 Å². The number of ether oxygens (including phenoxy) is 1. The van der Waals surface area contributed by atoms with Crippen molar-refractivity contribution in [1.82, 2.24) is 5.32 Å². The smallest absolute Gasteiger partial charge is 0.225 e. The summed E-state index contributed by atoms with van der Waals surface area (Å²) in [5.41, 5.74) is 4.43. The van der Waals surface area contributed by atoms with Gasteiger partial charge in [-0.25, -0.2) is 0 Å². The van der Waals surface area contributed by atoms with Crippen molar-refractivity contribution in [3.63, 3.8) is 0 Å². The number of hydrogen-bond acceptors (Lipinski definition) is 4. The molecular formula is C15H30N2O3. The largest absolute Gasteiger partial charge is 0.375 e. The van der Waals surface area contributed by atoms with Gasteiger partial charge in [0.1, 0.15) is 5.78 Å². The number of hydrogen-bond donors (Lipinski definition) is 2. The molecule has 5 heteroatoms. The Balaban J connectivity index is 4.14. The van der Waals surface area contributed by atoms with E-state index in [0.29, 0.717) is 32.5 Å². The minimum absolute atomic E-state index is 0.0129. The van der Waals surface area contributed by atoms with E-state index in [1.807, 2.05) is 27.7 Å². The molecule has 0 aromatic rings. The molecule has 0 aromatic heterocycles. The molecule has 0 saturated carbocycles. The number of Topliss-reactive ketones (excluding diaryl/α,β-unsaturated/α-hetero) is 1. The molecular weight excluding hydrogens is 256 g/mol. The lowest BCUT2D eigenvalue weighted by molar-refractivity contribution is -0.132. The molecule has 5 nitrogen and oxygen atoms in total. The number of amides is 1. The van der Waals surface area contributed by atoms with E-state index in [9.17, 15) is 9.59 Å². The summed E-state index contributed by atoms with van der Waals surface area (Å²) in [6.45, 7) is 10.8. The highest BCUT2D eigenvalue weighted by atomic mass is 16.5. The molecule has 3 N–H and O–H groups in total. The van der Waals surface area contributed by atoms with Crippen LogP contribution in [0.2, 0.25) is 0 Å². The Kier molecular flexibility index (Phi) is 7.98. The molecule has 0 aliphatic carbocycles. The van der Waals surface area contributed by atoms with E-state index in [-0.39, 0.29) is 11.7 Å². The number of ketones is 1. The quantitative estimate of drug-likeness (QED) is 0.598. The van der Waals surface area contributed by atoms with Gasteiger partial charge in [0, 0.05) is 25.0 Å². The molecule has 0 aliphatic heterocycles. The van der Waals surface area contributed by atoms with E-state index in [1.165, 1.54) is 0 Å². The van der Waals surface area contributed by atoms with E-state index in [2.05, 4.69) is 5.32 Å². The van der Waals surface area contributed by atoms with E-state index in [0.717, 1.165) is 6.42 Å². The lowest BCUT2D eigenvalue weighted by atomic mass is 9.88. The molecule has 0 radical (unpaired) electrons. The predicted octanol–water partition coefficient (Wildman–Crippen LogP) is 1.64. The molecule has 0 rings (SSSR count). The van der Waals surface area contributed by atoms with E-state index in [4.69, 9.17) is 10.5 Å². The maximum Gasteiger partial charge on any atom is 0.225 e. The average molecular weight is 286 g/mol. The number of nitrogens with two attached hydrogens (primary N) is 1. The van der Waals surface area contributed by atoms with E-state index >= 15 is 0 Å². The SMILES string of the molecule is CC(=O)CC(C)(C)OCCC(C)(C)C(=O)NCCCN. The first-order valence-electron chi connectivity index (χ1n) is 7.22. The van der Waals surface area contributed by atoms with Gasteiger partial charge < -0.3 is 15.8 Å². The zero-order valence-electron chi connectivity index (χ0n) is 13.5. The van der Waals surface area contributed by atoms with Crippen LogP contribution in [0.15, 0.2) is 0 Å². The second-order valence-electron chi connectivity index (χ2n) is 6.52. The van der Waals surface area contributed by atoms with E-state index < -0.39 is 11.0 Å². The van der Waals surface area contributed by atoms with Gasteiger partial charge in [-0.1, -0.05) is 13.8 Å². The fourth-order valence-corrected chi connectivity index (χ4v) is 1.89. The number of carbonyl (C=O) groups excluding carboxylic acids is 2. The van der Waals surface area contributed by atoms with Crippen LogP contribution in [0, 0.1) is 5.41 Å². The van der Waals surface area contributed by atoms with Crippen molar-refractivity contribution in [2.45, 2.75) is 59.5 Å². The molecule has 0 aliphatic rings. The first-order valence-corrected chi connectivity index (χ1v) is 7.22. The fraction of sp³-hybridized carbons (Fsp3) is 0.867. The van der Waals surface area contributed by atoms with Gasteiger partial charge in [-0.3, -0.25) is 9.59 Å². The molecule has 0 bridgehead atoms. The molecule has 0 spiro atoms. The van der Waals surface area contributed by atoms with Crippen LogP contribution in [-0.4, -0.2) is 37.0 Å². The first kappa shape index (κ1) is 19.1. The zero-order valence-corrected chi connectivity index (χ0v) is 13.5. The van der Waals surface area contributed by atoms with Crippen molar-refractivity contribution in [3.05, 3.63) is 0 Å². The average Bonchev–Trinajstić information content (AvgIpc) is 2.26. The highest BCUT2D eigenvalue weighted by molar-refractivity contribution is 5.81. The summed E-state index contributed by atoms with van der Waals surface area (Å²) in [5.74, 6) is 0.118. The topological polar surface area (TPSA) is 81.4 Å². The standard InChI is InChI=1S/C15H30N2O3/c1-12(18)11-15(4,5)20-10-7-14(2,3)13(19)17-9-6-8-16/h6-11,16H2,1-5H3,(H,17,19). The van der Waals surface area contributed by atoms with Gasteiger partial charge in [0.25, 0.3) is 0 Å². The van der Waals surface area contributed by atoms with Gasteiger partial charge in [-0.05, 0) is 40.2 Å². The second kappa shape index (κ2) is 8.37. The lowest BCUT2D eigenvalue weighted by Crippen LogP contribution is -2.39. The molecule has 0 atom stereocenters. The zero-order chi connectivity index (χ0) is 15.8.